The van der Waals surface area contributed by atoms with Crippen molar-refractivity contribution in [2.45, 2.75) is 26.0 Å². The molecule has 3 heteroatoms. The fourth-order valence-electron chi connectivity index (χ4n) is 1.28. The van der Waals surface area contributed by atoms with E-state index in [0.717, 1.165) is 10.0 Å². The molecule has 0 aliphatic carbocycles. The lowest BCUT2D eigenvalue weighted by molar-refractivity contribution is 0.125. The predicted octanol–water partition coefficient (Wildman–Crippen LogP) is 2.47. The Morgan fingerprint density at radius 3 is 2.50 bits per heavy atom. The SMILES string of the molecule is CC(C)[C@@H](N)[C@@H](O)c1cccc(Br)c1. The number of aliphatic hydroxyl groups is 1. The first-order chi connectivity index (χ1) is 6.52. The Morgan fingerprint density at radius 2 is 2.00 bits per heavy atom. The molecule has 2 atom stereocenters. The van der Waals surface area contributed by atoms with Gasteiger partial charge in [-0.2, -0.15) is 0 Å². The molecule has 0 saturated carbocycles. The molecule has 2 nitrogen and oxygen atoms in total. The van der Waals surface area contributed by atoms with E-state index >= 15 is 0 Å². The zero-order chi connectivity index (χ0) is 10.7. The Morgan fingerprint density at radius 1 is 1.36 bits per heavy atom. The number of rotatable bonds is 3. The Labute approximate surface area is 93.3 Å². The molecule has 1 aromatic carbocycles. The summed E-state index contributed by atoms with van der Waals surface area (Å²) in [6.45, 7) is 4.01. The van der Waals surface area contributed by atoms with Gasteiger partial charge < -0.3 is 10.8 Å². The number of benzene rings is 1. The largest absolute Gasteiger partial charge is 0.387 e. The van der Waals surface area contributed by atoms with Crippen molar-refractivity contribution in [1.29, 1.82) is 0 Å². The molecule has 0 aliphatic heterocycles. The molecule has 14 heavy (non-hydrogen) atoms. The molecule has 0 saturated heterocycles. The highest BCUT2D eigenvalue weighted by atomic mass is 79.9. The summed E-state index contributed by atoms with van der Waals surface area (Å²) in [5.41, 5.74) is 6.74. The maximum atomic E-state index is 9.94. The molecule has 0 fully saturated rings. The van der Waals surface area contributed by atoms with Gasteiger partial charge in [0.05, 0.1) is 6.10 Å². The molecule has 0 heterocycles. The quantitative estimate of drug-likeness (QED) is 0.874. The van der Waals surface area contributed by atoms with Crippen LogP contribution in [0.1, 0.15) is 25.5 Å². The highest BCUT2D eigenvalue weighted by Crippen LogP contribution is 2.22. The van der Waals surface area contributed by atoms with Crippen LogP contribution in [-0.4, -0.2) is 11.1 Å². The third-order valence-corrected chi connectivity index (χ3v) is 2.82. The summed E-state index contributed by atoms with van der Waals surface area (Å²) >= 11 is 3.36. The van der Waals surface area contributed by atoms with Crippen molar-refractivity contribution in [3.05, 3.63) is 34.3 Å². The number of hydrogen-bond donors (Lipinski definition) is 2. The van der Waals surface area contributed by atoms with E-state index in [4.69, 9.17) is 5.73 Å². The van der Waals surface area contributed by atoms with Crippen LogP contribution in [0.5, 0.6) is 0 Å². The van der Waals surface area contributed by atoms with Crippen LogP contribution >= 0.6 is 15.9 Å². The van der Waals surface area contributed by atoms with E-state index in [9.17, 15) is 5.11 Å². The molecular formula is C11H16BrNO. The number of nitrogens with two attached hydrogens (primary N) is 1. The number of hydrogen-bond acceptors (Lipinski definition) is 2. The lowest BCUT2D eigenvalue weighted by Gasteiger charge is -2.22. The van der Waals surface area contributed by atoms with E-state index in [1.165, 1.54) is 0 Å². The topological polar surface area (TPSA) is 46.2 Å². The third kappa shape index (κ3) is 2.80. The van der Waals surface area contributed by atoms with Gasteiger partial charge in [-0.3, -0.25) is 0 Å². The molecule has 0 aliphatic rings. The van der Waals surface area contributed by atoms with Crippen molar-refractivity contribution >= 4 is 15.9 Å². The minimum absolute atomic E-state index is 0.218. The molecule has 1 rings (SSSR count). The minimum Gasteiger partial charge on any atom is -0.387 e. The molecule has 0 radical (unpaired) electrons. The van der Waals surface area contributed by atoms with Crippen molar-refractivity contribution in [3.63, 3.8) is 0 Å². The molecular weight excluding hydrogens is 242 g/mol. The van der Waals surface area contributed by atoms with Crippen LogP contribution < -0.4 is 5.73 Å². The van der Waals surface area contributed by atoms with Gasteiger partial charge in [-0.25, -0.2) is 0 Å². The summed E-state index contributed by atoms with van der Waals surface area (Å²) in [6.07, 6.45) is -0.590. The minimum atomic E-state index is -0.590. The highest BCUT2D eigenvalue weighted by molar-refractivity contribution is 9.10. The van der Waals surface area contributed by atoms with Gasteiger partial charge in [-0.15, -0.1) is 0 Å². The zero-order valence-electron chi connectivity index (χ0n) is 8.44. The first-order valence-corrected chi connectivity index (χ1v) is 5.50. The first-order valence-electron chi connectivity index (χ1n) is 4.71. The summed E-state index contributed by atoms with van der Waals surface area (Å²) in [6, 6.07) is 7.39. The molecule has 0 unspecified atom stereocenters. The second-order valence-electron chi connectivity index (χ2n) is 3.82. The van der Waals surface area contributed by atoms with Gasteiger partial charge in [0, 0.05) is 10.5 Å². The smallest absolute Gasteiger partial charge is 0.0943 e. The van der Waals surface area contributed by atoms with Gasteiger partial charge in [0.25, 0.3) is 0 Å². The Bertz CT molecular complexity index is 301. The van der Waals surface area contributed by atoms with Crippen molar-refractivity contribution in [3.8, 4) is 0 Å². The maximum Gasteiger partial charge on any atom is 0.0943 e. The van der Waals surface area contributed by atoms with E-state index in [0.29, 0.717) is 0 Å². The number of halogens is 1. The summed E-state index contributed by atoms with van der Waals surface area (Å²) in [4.78, 5) is 0. The Kier molecular flexibility index (Phi) is 4.11. The summed E-state index contributed by atoms with van der Waals surface area (Å²) in [5.74, 6) is 0.268. The van der Waals surface area contributed by atoms with Crippen LogP contribution in [0.15, 0.2) is 28.7 Å². The van der Waals surface area contributed by atoms with E-state index in [-0.39, 0.29) is 12.0 Å². The lowest BCUT2D eigenvalue weighted by Crippen LogP contribution is -2.33. The van der Waals surface area contributed by atoms with Crippen molar-refractivity contribution in [1.82, 2.24) is 0 Å². The van der Waals surface area contributed by atoms with Gasteiger partial charge in [-0.1, -0.05) is 41.9 Å². The highest BCUT2D eigenvalue weighted by Gasteiger charge is 2.19. The van der Waals surface area contributed by atoms with Crippen molar-refractivity contribution < 1.29 is 5.11 Å². The standard InChI is InChI=1S/C11H16BrNO/c1-7(2)10(13)11(14)8-4-3-5-9(12)6-8/h3-7,10-11,14H,13H2,1-2H3/t10-,11+/m1/s1. The monoisotopic (exact) mass is 257 g/mol. The molecule has 0 bridgehead atoms. The zero-order valence-corrected chi connectivity index (χ0v) is 10.0. The van der Waals surface area contributed by atoms with Gasteiger partial charge in [0.15, 0.2) is 0 Å². The van der Waals surface area contributed by atoms with Crippen LogP contribution in [0.2, 0.25) is 0 Å². The van der Waals surface area contributed by atoms with Crippen molar-refractivity contribution in [2.24, 2.45) is 11.7 Å². The van der Waals surface area contributed by atoms with E-state index in [1.54, 1.807) is 0 Å². The van der Waals surface area contributed by atoms with Crippen LogP contribution in [-0.2, 0) is 0 Å². The van der Waals surface area contributed by atoms with E-state index < -0.39 is 6.10 Å². The molecule has 0 amide bonds. The van der Waals surface area contributed by atoms with Gasteiger partial charge in [0.1, 0.15) is 0 Å². The second-order valence-corrected chi connectivity index (χ2v) is 4.74. The second kappa shape index (κ2) is 4.91. The van der Waals surface area contributed by atoms with Crippen LogP contribution in [0.25, 0.3) is 0 Å². The average molecular weight is 258 g/mol. The first kappa shape index (κ1) is 11.7. The summed E-state index contributed by atoms with van der Waals surface area (Å²) in [7, 11) is 0. The number of aliphatic hydroxyl groups excluding tert-OH is 1. The summed E-state index contributed by atoms with van der Waals surface area (Å²) < 4.78 is 0.963. The Hall–Kier alpha value is -0.380. The third-order valence-electron chi connectivity index (χ3n) is 2.32. The van der Waals surface area contributed by atoms with Crippen LogP contribution in [0.3, 0.4) is 0 Å². The molecule has 0 aromatic heterocycles. The van der Waals surface area contributed by atoms with Gasteiger partial charge >= 0.3 is 0 Å². The van der Waals surface area contributed by atoms with Crippen LogP contribution in [0.4, 0.5) is 0 Å². The normalized spacial score (nSPS) is 15.6. The summed E-state index contributed by atoms with van der Waals surface area (Å²) in [5, 5.41) is 9.94. The van der Waals surface area contributed by atoms with E-state index in [1.807, 2.05) is 38.1 Å². The average Bonchev–Trinajstić information content (AvgIpc) is 2.15. The van der Waals surface area contributed by atoms with Gasteiger partial charge in [0.2, 0.25) is 0 Å². The fraction of sp³-hybridized carbons (Fsp3) is 0.455. The van der Waals surface area contributed by atoms with E-state index in [2.05, 4.69) is 15.9 Å². The lowest BCUT2D eigenvalue weighted by atomic mass is 9.94. The molecule has 0 spiro atoms. The van der Waals surface area contributed by atoms with Crippen molar-refractivity contribution in [2.75, 3.05) is 0 Å². The maximum absolute atomic E-state index is 9.94. The van der Waals surface area contributed by atoms with Gasteiger partial charge in [-0.05, 0) is 23.6 Å². The Balaban J connectivity index is 2.83. The predicted molar refractivity (Wildman–Crippen MR) is 61.9 cm³/mol. The molecule has 1 aromatic rings. The van der Waals surface area contributed by atoms with Crippen LogP contribution in [0, 0.1) is 5.92 Å². The molecule has 78 valence electrons. The molecule has 3 N–H and O–H groups in total. The fourth-order valence-corrected chi connectivity index (χ4v) is 1.69.